The van der Waals surface area contributed by atoms with Crippen molar-refractivity contribution in [3.63, 3.8) is 0 Å². The number of hydrogen-bond donors (Lipinski definition) is 1. The van der Waals surface area contributed by atoms with Crippen molar-refractivity contribution < 1.29 is 23.9 Å². The zero-order valence-corrected chi connectivity index (χ0v) is 21.6. The summed E-state index contributed by atoms with van der Waals surface area (Å²) in [6, 6.07) is 18.6. The van der Waals surface area contributed by atoms with Gasteiger partial charge in [0.25, 0.3) is 11.4 Å². The highest BCUT2D eigenvalue weighted by Gasteiger charge is 2.69. The van der Waals surface area contributed by atoms with Crippen molar-refractivity contribution >= 4 is 29.7 Å². The van der Waals surface area contributed by atoms with Crippen LogP contribution in [0.4, 0.5) is 4.79 Å². The van der Waals surface area contributed by atoms with Gasteiger partial charge < -0.3 is 9.47 Å². The molecule has 0 spiro atoms. The molecule has 2 aromatic rings. The molecule has 0 saturated carbocycles. The van der Waals surface area contributed by atoms with Crippen LogP contribution in [-0.4, -0.2) is 45.1 Å². The van der Waals surface area contributed by atoms with E-state index in [1.807, 2.05) is 79.7 Å². The summed E-state index contributed by atoms with van der Waals surface area (Å²) >= 11 is 1.39. The molecule has 188 valence electrons. The SMILES string of the molecule is CC=CC1=CN2C(=O)C(NC(=O)OC(C)(C)C)(C(=O)OC(c3ccccc3)c3ccccc3)[C@@H]2SC1. The molecule has 1 saturated heterocycles. The molecule has 36 heavy (non-hydrogen) atoms. The Hall–Kier alpha value is -3.52. The maximum absolute atomic E-state index is 13.9. The van der Waals surface area contributed by atoms with Crippen LogP contribution in [0.25, 0.3) is 0 Å². The fourth-order valence-corrected chi connectivity index (χ4v) is 5.53. The molecule has 2 aromatic carbocycles. The molecule has 2 amide bonds. The van der Waals surface area contributed by atoms with Crippen molar-refractivity contribution in [1.82, 2.24) is 10.2 Å². The first-order valence-electron chi connectivity index (χ1n) is 11.8. The van der Waals surface area contributed by atoms with Gasteiger partial charge in [-0.25, -0.2) is 9.59 Å². The summed E-state index contributed by atoms with van der Waals surface area (Å²) in [6.45, 7) is 7.05. The summed E-state index contributed by atoms with van der Waals surface area (Å²) in [7, 11) is 0. The lowest BCUT2D eigenvalue weighted by molar-refractivity contribution is -0.174. The maximum atomic E-state index is 13.9. The monoisotopic (exact) mass is 506 g/mol. The number of allylic oxidation sites excluding steroid dienone is 2. The van der Waals surface area contributed by atoms with Gasteiger partial charge >= 0.3 is 12.1 Å². The number of carbonyl (C=O) groups excluding carboxylic acids is 3. The third-order valence-electron chi connectivity index (χ3n) is 5.74. The van der Waals surface area contributed by atoms with Gasteiger partial charge in [0.15, 0.2) is 6.10 Å². The Balaban J connectivity index is 1.70. The number of hydrogen-bond acceptors (Lipinski definition) is 6. The van der Waals surface area contributed by atoms with E-state index in [0.717, 1.165) is 16.7 Å². The normalized spacial score (nSPS) is 21.5. The summed E-state index contributed by atoms with van der Waals surface area (Å²) in [5.41, 5.74) is -0.277. The van der Waals surface area contributed by atoms with Crippen LogP contribution in [0.5, 0.6) is 0 Å². The van der Waals surface area contributed by atoms with Crippen LogP contribution in [-0.2, 0) is 19.1 Å². The standard InChI is InChI=1S/C28H30N2O5S/c1-5-12-19-17-30-23(31)28(24(30)36-18-19,29-26(33)35-27(2,3)4)25(32)34-22(20-13-8-6-9-14-20)21-15-10-7-11-16-21/h5-17,22,24H,18H2,1-4H3,(H,29,33)/t24-,28?/m0/s1. The van der Waals surface area contributed by atoms with E-state index in [4.69, 9.17) is 9.47 Å². The van der Waals surface area contributed by atoms with Crippen LogP contribution in [0.2, 0.25) is 0 Å². The van der Waals surface area contributed by atoms with Gasteiger partial charge in [0, 0.05) is 12.0 Å². The van der Waals surface area contributed by atoms with Crippen molar-refractivity contribution in [2.45, 2.75) is 50.3 Å². The molecule has 7 nitrogen and oxygen atoms in total. The van der Waals surface area contributed by atoms with Crippen molar-refractivity contribution in [1.29, 1.82) is 0 Å². The Morgan fingerprint density at radius 3 is 2.19 bits per heavy atom. The fourth-order valence-electron chi connectivity index (χ4n) is 4.19. The number of alkyl carbamates (subject to hydrolysis) is 1. The van der Waals surface area contributed by atoms with Gasteiger partial charge in [-0.2, -0.15) is 0 Å². The number of ether oxygens (including phenoxy) is 2. The summed E-state index contributed by atoms with van der Waals surface area (Å²) in [6.07, 6.45) is 3.91. The molecular formula is C28H30N2O5S. The van der Waals surface area contributed by atoms with E-state index in [0.29, 0.717) is 5.75 Å². The molecule has 2 heterocycles. The molecule has 8 heteroatoms. The van der Waals surface area contributed by atoms with Gasteiger partial charge in [-0.05, 0) is 44.4 Å². The predicted molar refractivity (Wildman–Crippen MR) is 139 cm³/mol. The number of amides is 2. The Kier molecular flexibility index (Phi) is 7.26. The molecule has 2 atom stereocenters. The Bertz CT molecular complexity index is 1150. The van der Waals surface area contributed by atoms with E-state index < -0.39 is 40.6 Å². The van der Waals surface area contributed by atoms with E-state index in [1.165, 1.54) is 16.7 Å². The minimum absolute atomic E-state index is 0.558. The second-order valence-corrected chi connectivity index (χ2v) is 10.7. The lowest BCUT2D eigenvalue weighted by Crippen LogP contribution is -2.82. The summed E-state index contributed by atoms with van der Waals surface area (Å²) < 4.78 is 11.5. The first-order chi connectivity index (χ1) is 17.2. The third kappa shape index (κ3) is 5.04. The number of benzene rings is 2. The van der Waals surface area contributed by atoms with Crippen molar-refractivity contribution in [3.8, 4) is 0 Å². The quantitative estimate of drug-likeness (QED) is 0.339. The number of thioether (sulfide) groups is 1. The molecule has 1 N–H and O–H groups in total. The molecule has 2 aliphatic heterocycles. The molecule has 0 radical (unpaired) electrons. The van der Waals surface area contributed by atoms with Crippen molar-refractivity contribution in [2.75, 3.05) is 5.75 Å². The van der Waals surface area contributed by atoms with Crippen molar-refractivity contribution in [2.24, 2.45) is 0 Å². The van der Waals surface area contributed by atoms with E-state index in [2.05, 4.69) is 5.32 Å². The van der Waals surface area contributed by atoms with Crippen molar-refractivity contribution in [3.05, 3.63) is 95.7 Å². The molecule has 1 unspecified atom stereocenters. The second kappa shape index (κ2) is 10.2. The number of rotatable bonds is 6. The lowest BCUT2D eigenvalue weighted by Gasteiger charge is -2.53. The van der Waals surface area contributed by atoms with Crippen LogP contribution in [0.3, 0.4) is 0 Å². The van der Waals surface area contributed by atoms with Crippen LogP contribution in [0, 0.1) is 0 Å². The molecule has 2 aliphatic rings. The molecule has 0 bridgehead atoms. The largest absolute Gasteiger partial charge is 0.450 e. The zero-order chi connectivity index (χ0) is 25.9. The summed E-state index contributed by atoms with van der Waals surface area (Å²) in [5, 5.41) is 1.93. The van der Waals surface area contributed by atoms with Gasteiger partial charge in [0.2, 0.25) is 0 Å². The van der Waals surface area contributed by atoms with Gasteiger partial charge in [0.1, 0.15) is 11.0 Å². The number of nitrogens with one attached hydrogen (secondary N) is 1. The van der Waals surface area contributed by atoms with E-state index in [9.17, 15) is 14.4 Å². The van der Waals surface area contributed by atoms with E-state index >= 15 is 0 Å². The highest BCUT2D eigenvalue weighted by molar-refractivity contribution is 8.00. The minimum atomic E-state index is -1.91. The van der Waals surface area contributed by atoms with Gasteiger partial charge in [-0.3, -0.25) is 15.0 Å². The highest BCUT2D eigenvalue weighted by Crippen LogP contribution is 2.45. The maximum Gasteiger partial charge on any atom is 0.409 e. The molecule has 0 aliphatic carbocycles. The second-order valence-electron chi connectivity index (χ2n) is 9.62. The molecule has 4 rings (SSSR count). The third-order valence-corrected chi connectivity index (χ3v) is 7.13. The first kappa shape index (κ1) is 25.6. The van der Waals surface area contributed by atoms with Crippen LogP contribution in [0.1, 0.15) is 44.9 Å². The average molecular weight is 507 g/mol. The Morgan fingerprint density at radius 2 is 1.67 bits per heavy atom. The fraction of sp³-hybridized carbons (Fsp3) is 0.321. The number of β-lactam (4-membered cyclic amide) rings is 1. The van der Waals surface area contributed by atoms with Crippen LogP contribution in [0.15, 0.2) is 84.6 Å². The van der Waals surface area contributed by atoms with Crippen LogP contribution >= 0.6 is 11.8 Å². The van der Waals surface area contributed by atoms with Gasteiger partial charge in [-0.15, -0.1) is 11.8 Å². The molecule has 0 aromatic heterocycles. The molecular weight excluding hydrogens is 476 g/mol. The average Bonchev–Trinajstić information content (AvgIpc) is 2.85. The number of nitrogens with zero attached hydrogens (tertiary/aromatic N) is 1. The molecule has 1 fully saturated rings. The lowest BCUT2D eigenvalue weighted by atomic mass is 9.87. The van der Waals surface area contributed by atoms with E-state index in [1.54, 1.807) is 27.0 Å². The summed E-state index contributed by atoms with van der Waals surface area (Å²) in [5.74, 6) is -0.810. The topological polar surface area (TPSA) is 84.9 Å². The number of esters is 1. The number of fused-ring (bicyclic) bond motifs is 1. The Morgan fingerprint density at radius 1 is 1.08 bits per heavy atom. The summed E-state index contributed by atoms with van der Waals surface area (Å²) in [4.78, 5) is 41.7. The number of carbonyl (C=O) groups is 3. The Labute approximate surface area is 215 Å². The van der Waals surface area contributed by atoms with Crippen LogP contribution < -0.4 is 5.32 Å². The van der Waals surface area contributed by atoms with Gasteiger partial charge in [-0.1, -0.05) is 72.8 Å². The van der Waals surface area contributed by atoms with Gasteiger partial charge in [0.05, 0.1) is 0 Å². The van der Waals surface area contributed by atoms with E-state index in [-0.39, 0.29) is 0 Å². The highest BCUT2D eigenvalue weighted by atomic mass is 32.2. The zero-order valence-electron chi connectivity index (χ0n) is 20.8. The predicted octanol–water partition coefficient (Wildman–Crippen LogP) is 4.96. The first-order valence-corrected chi connectivity index (χ1v) is 12.8. The minimum Gasteiger partial charge on any atom is -0.450 e. The smallest absolute Gasteiger partial charge is 0.409 e.